The lowest BCUT2D eigenvalue weighted by Crippen LogP contribution is -2.00. The largest absolute Gasteiger partial charge is 0.380 e. The Hall–Kier alpha value is -1.19. The van der Waals surface area contributed by atoms with Gasteiger partial charge in [0.05, 0.1) is 0 Å². The standard InChI is InChI=1S/C14H13ClFNS/c1-18-14-5-3-2-4-13(14)17-9-10-6-11(15)8-12(16)7-10/h2-8,17H,9H2,1H3. The highest BCUT2D eigenvalue weighted by molar-refractivity contribution is 7.98. The third-order valence-electron chi connectivity index (χ3n) is 2.51. The molecule has 2 aromatic rings. The molecule has 0 aromatic heterocycles. The van der Waals surface area contributed by atoms with E-state index < -0.39 is 0 Å². The van der Waals surface area contributed by atoms with Crippen LogP contribution in [0.3, 0.4) is 0 Å². The molecule has 0 aliphatic heterocycles. The van der Waals surface area contributed by atoms with Crippen molar-refractivity contribution in [1.82, 2.24) is 0 Å². The van der Waals surface area contributed by atoms with Gasteiger partial charge in [0.15, 0.2) is 0 Å². The van der Waals surface area contributed by atoms with Crippen LogP contribution in [0.2, 0.25) is 5.02 Å². The van der Waals surface area contributed by atoms with Crippen molar-refractivity contribution in [2.75, 3.05) is 11.6 Å². The van der Waals surface area contributed by atoms with Crippen molar-refractivity contribution in [2.24, 2.45) is 0 Å². The van der Waals surface area contributed by atoms with Crippen molar-refractivity contribution < 1.29 is 4.39 Å². The second kappa shape index (κ2) is 6.12. The summed E-state index contributed by atoms with van der Waals surface area (Å²) in [4.78, 5) is 1.17. The smallest absolute Gasteiger partial charge is 0.125 e. The molecule has 0 saturated carbocycles. The van der Waals surface area contributed by atoms with Gasteiger partial charge >= 0.3 is 0 Å². The number of thioether (sulfide) groups is 1. The number of anilines is 1. The molecule has 0 aliphatic carbocycles. The zero-order valence-corrected chi connectivity index (χ0v) is 11.5. The van der Waals surface area contributed by atoms with Crippen LogP contribution in [0.1, 0.15) is 5.56 Å². The van der Waals surface area contributed by atoms with Crippen molar-refractivity contribution in [3.63, 3.8) is 0 Å². The van der Waals surface area contributed by atoms with Crippen molar-refractivity contribution in [3.8, 4) is 0 Å². The maximum Gasteiger partial charge on any atom is 0.125 e. The van der Waals surface area contributed by atoms with E-state index in [2.05, 4.69) is 5.32 Å². The Morgan fingerprint density at radius 2 is 2.00 bits per heavy atom. The van der Waals surface area contributed by atoms with Crippen LogP contribution in [0.15, 0.2) is 47.4 Å². The monoisotopic (exact) mass is 281 g/mol. The van der Waals surface area contributed by atoms with E-state index in [0.717, 1.165) is 11.3 Å². The van der Waals surface area contributed by atoms with E-state index in [9.17, 15) is 4.39 Å². The summed E-state index contributed by atoms with van der Waals surface area (Å²) in [5, 5.41) is 3.71. The Kier molecular flexibility index (Phi) is 4.50. The second-order valence-electron chi connectivity index (χ2n) is 3.83. The molecule has 0 fully saturated rings. The summed E-state index contributed by atoms with van der Waals surface area (Å²) < 4.78 is 13.2. The molecule has 18 heavy (non-hydrogen) atoms. The zero-order valence-electron chi connectivity index (χ0n) is 9.91. The molecule has 0 aliphatic rings. The molecule has 0 amide bonds. The Labute approximate surface area is 115 Å². The molecule has 2 rings (SSSR count). The lowest BCUT2D eigenvalue weighted by atomic mass is 10.2. The molecule has 0 atom stereocenters. The van der Waals surface area contributed by atoms with Crippen molar-refractivity contribution >= 4 is 29.1 Å². The maximum absolute atomic E-state index is 13.2. The van der Waals surface area contributed by atoms with Gasteiger partial charge < -0.3 is 5.32 Å². The van der Waals surface area contributed by atoms with E-state index in [0.29, 0.717) is 11.6 Å². The fourth-order valence-corrected chi connectivity index (χ4v) is 2.52. The summed E-state index contributed by atoms with van der Waals surface area (Å²) in [7, 11) is 0. The van der Waals surface area contributed by atoms with Crippen LogP contribution in [0, 0.1) is 5.82 Å². The fourth-order valence-electron chi connectivity index (χ4n) is 1.70. The normalized spacial score (nSPS) is 10.4. The number of hydrogen-bond donors (Lipinski definition) is 1. The predicted octanol–water partition coefficient (Wildman–Crippen LogP) is 4.81. The van der Waals surface area contributed by atoms with Gasteiger partial charge in [-0.05, 0) is 42.2 Å². The number of halogens is 2. The minimum Gasteiger partial charge on any atom is -0.380 e. The summed E-state index contributed by atoms with van der Waals surface area (Å²) in [5.41, 5.74) is 1.88. The van der Waals surface area contributed by atoms with Gasteiger partial charge in [-0.3, -0.25) is 0 Å². The molecular formula is C14H13ClFNS. The van der Waals surface area contributed by atoms with Gasteiger partial charge in [0, 0.05) is 22.2 Å². The summed E-state index contributed by atoms with van der Waals surface area (Å²) in [6.07, 6.45) is 2.03. The molecule has 0 saturated heterocycles. The lowest BCUT2D eigenvalue weighted by Gasteiger charge is -2.10. The van der Waals surface area contributed by atoms with Crippen LogP contribution >= 0.6 is 23.4 Å². The molecule has 1 nitrogen and oxygen atoms in total. The molecule has 0 bridgehead atoms. The van der Waals surface area contributed by atoms with Crippen LogP contribution in [0.25, 0.3) is 0 Å². The Bertz CT molecular complexity index is 525. The first-order valence-electron chi connectivity index (χ1n) is 5.51. The number of nitrogens with one attached hydrogen (secondary N) is 1. The SMILES string of the molecule is CSc1ccccc1NCc1cc(F)cc(Cl)c1. The topological polar surface area (TPSA) is 12.0 Å². The third kappa shape index (κ3) is 3.40. The van der Waals surface area contributed by atoms with Crippen LogP contribution in [0.5, 0.6) is 0 Å². The summed E-state index contributed by atoms with van der Waals surface area (Å²) >= 11 is 7.49. The van der Waals surface area contributed by atoms with E-state index in [1.165, 1.54) is 17.0 Å². The van der Waals surface area contributed by atoms with Crippen molar-refractivity contribution in [3.05, 3.63) is 58.9 Å². The average Bonchev–Trinajstić information content (AvgIpc) is 2.35. The van der Waals surface area contributed by atoms with Gasteiger partial charge in [-0.1, -0.05) is 23.7 Å². The average molecular weight is 282 g/mol. The highest BCUT2D eigenvalue weighted by Gasteiger charge is 2.02. The zero-order chi connectivity index (χ0) is 13.0. The minimum atomic E-state index is -0.308. The number of hydrogen-bond acceptors (Lipinski definition) is 2. The molecule has 0 spiro atoms. The van der Waals surface area contributed by atoms with E-state index in [1.807, 2.05) is 30.5 Å². The number of rotatable bonds is 4. The number of benzene rings is 2. The van der Waals surface area contributed by atoms with Crippen LogP contribution < -0.4 is 5.32 Å². The maximum atomic E-state index is 13.2. The third-order valence-corrected chi connectivity index (χ3v) is 3.53. The van der Waals surface area contributed by atoms with Gasteiger partial charge in [0.25, 0.3) is 0 Å². The molecule has 0 heterocycles. The van der Waals surface area contributed by atoms with Gasteiger partial charge in [-0.25, -0.2) is 4.39 Å². The summed E-state index contributed by atoms with van der Waals surface area (Å²) in [5.74, 6) is -0.308. The van der Waals surface area contributed by atoms with Gasteiger partial charge in [0.2, 0.25) is 0 Å². The minimum absolute atomic E-state index is 0.308. The first-order chi connectivity index (χ1) is 8.69. The molecular weight excluding hydrogens is 269 g/mol. The van der Waals surface area contributed by atoms with Crippen molar-refractivity contribution in [2.45, 2.75) is 11.4 Å². The Balaban J connectivity index is 2.11. The fraction of sp³-hybridized carbons (Fsp3) is 0.143. The first-order valence-corrected chi connectivity index (χ1v) is 7.11. The Morgan fingerprint density at radius 3 is 2.72 bits per heavy atom. The summed E-state index contributed by atoms with van der Waals surface area (Å²) in [6, 6.07) is 12.6. The first kappa shape index (κ1) is 13.2. The lowest BCUT2D eigenvalue weighted by molar-refractivity contribution is 0.626. The molecule has 2 aromatic carbocycles. The molecule has 0 radical (unpaired) electrons. The summed E-state index contributed by atoms with van der Waals surface area (Å²) in [6.45, 7) is 0.551. The second-order valence-corrected chi connectivity index (χ2v) is 5.12. The van der Waals surface area contributed by atoms with Gasteiger partial charge in [-0.2, -0.15) is 0 Å². The highest BCUT2D eigenvalue weighted by Crippen LogP contribution is 2.25. The predicted molar refractivity (Wildman–Crippen MR) is 77.0 cm³/mol. The van der Waals surface area contributed by atoms with E-state index in [-0.39, 0.29) is 5.82 Å². The van der Waals surface area contributed by atoms with E-state index >= 15 is 0 Å². The van der Waals surface area contributed by atoms with Crippen LogP contribution in [0.4, 0.5) is 10.1 Å². The Morgan fingerprint density at radius 1 is 1.22 bits per heavy atom. The van der Waals surface area contributed by atoms with E-state index in [1.54, 1.807) is 17.8 Å². The van der Waals surface area contributed by atoms with Crippen molar-refractivity contribution in [1.29, 1.82) is 0 Å². The van der Waals surface area contributed by atoms with E-state index in [4.69, 9.17) is 11.6 Å². The van der Waals surface area contributed by atoms with Gasteiger partial charge in [-0.15, -0.1) is 11.8 Å². The van der Waals surface area contributed by atoms with Crippen LogP contribution in [-0.4, -0.2) is 6.26 Å². The van der Waals surface area contributed by atoms with Gasteiger partial charge in [0.1, 0.15) is 5.82 Å². The molecule has 0 unspecified atom stereocenters. The molecule has 94 valence electrons. The molecule has 1 N–H and O–H groups in total. The van der Waals surface area contributed by atoms with Crippen LogP contribution in [-0.2, 0) is 6.54 Å². The number of para-hydroxylation sites is 1. The molecule has 4 heteroatoms. The highest BCUT2D eigenvalue weighted by atomic mass is 35.5. The quantitative estimate of drug-likeness (QED) is 0.807.